The Labute approximate surface area is 238 Å². The van der Waals surface area contributed by atoms with Gasteiger partial charge in [-0.05, 0) is 42.5 Å². The summed E-state index contributed by atoms with van der Waals surface area (Å²) in [5.74, 6) is -5.96. The number of amidine groups is 1. The normalized spacial score (nSPS) is 11.9. The molecule has 0 aliphatic heterocycles. The molecule has 0 aliphatic rings. The summed E-state index contributed by atoms with van der Waals surface area (Å²) in [6.07, 6.45) is -5.42. The van der Waals surface area contributed by atoms with E-state index in [1.54, 1.807) is 12.1 Å². The minimum absolute atomic E-state index is 0.0799. The largest absolute Gasteiger partial charge is 0.497 e. The Balaban J connectivity index is 1.78. The van der Waals surface area contributed by atoms with Gasteiger partial charge in [-0.25, -0.2) is 23.8 Å². The Hall–Kier alpha value is -5.74. The van der Waals surface area contributed by atoms with Crippen LogP contribution in [0.2, 0.25) is 0 Å². The molecule has 0 saturated carbocycles. The molecule has 0 spiro atoms. The second-order valence-electron chi connectivity index (χ2n) is 8.58. The zero-order chi connectivity index (χ0) is 31.5. The summed E-state index contributed by atoms with van der Waals surface area (Å²) in [7, 11) is 2.59. The molecule has 0 saturated heterocycles. The summed E-state index contributed by atoms with van der Waals surface area (Å²) in [6, 6.07) is 10.9. The zero-order valence-corrected chi connectivity index (χ0v) is 22.2. The standard InChI is InChI=1S/C26H21F4N7O6/c1-41-14-10-15(19(27)17(11-14)42-2)20(33-13-8-6-12(7-9-13)21(31)32)22-35-25(40)37(36-22)18-5-3-4-16(34-18)23(38)43-24(39)26(28,29)30/h3-11,20,33H,1-2H3,(H3,31,32)(H,35,36,40). The molecule has 1 atom stereocenters. The van der Waals surface area contributed by atoms with E-state index in [9.17, 15) is 27.6 Å². The van der Waals surface area contributed by atoms with Gasteiger partial charge in [0.1, 0.15) is 17.6 Å². The maximum absolute atomic E-state index is 15.6. The van der Waals surface area contributed by atoms with Crippen LogP contribution in [0.3, 0.4) is 0 Å². The number of alkyl halides is 3. The number of rotatable bonds is 9. The van der Waals surface area contributed by atoms with E-state index in [0.29, 0.717) is 15.9 Å². The van der Waals surface area contributed by atoms with Crippen LogP contribution in [0.25, 0.3) is 5.82 Å². The van der Waals surface area contributed by atoms with Gasteiger partial charge in [0.25, 0.3) is 0 Å². The number of esters is 2. The van der Waals surface area contributed by atoms with Crippen molar-refractivity contribution in [1.82, 2.24) is 19.7 Å². The summed E-state index contributed by atoms with van der Waals surface area (Å²) < 4.78 is 67.9. The first-order valence-corrected chi connectivity index (χ1v) is 11.9. The van der Waals surface area contributed by atoms with E-state index < -0.39 is 41.4 Å². The lowest BCUT2D eigenvalue weighted by Gasteiger charge is -2.20. The molecule has 13 nitrogen and oxygen atoms in total. The fourth-order valence-corrected chi connectivity index (χ4v) is 3.75. The lowest BCUT2D eigenvalue weighted by molar-refractivity contribution is -0.193. The third-order valence-electron chi connectivity index (χ3n) is 5.80. The number of methoxy groups -OCH3 is 2. The molecule has 2 aromatic heterocycles. The monoisotopic (exact) mass is 603 g/mol. The van der Waals surface area contributed by atoms with Crippen molar-refractivity contribution in [3.8, 4) is 17.3 Å². The van der Waals surface area contributed by atoms with Crippen LogP contribution in [0.5, 0.6) is 11.5 Å². The number of benzene rings is 2. The molecule has 1 unspecified atom stereocenters. The van der Waals surface area contributed by atoms with Crippen molar-refractivity contribution in [1.29, 1.82) is 5.41 Å². The molecule has 4 aromatic rings. The Morgan fingerprint density at radius 3 is 2.40 bits per heavy atom. The van der Waals surface area contributed by atoms with Crippen molar-refractivity contribution < 1.29 is 41.4 Å². The molecule has 4 rings (SSSR count). The Bertz CT molecular complexity index is 1750. The smallest absolute Gasteiger partial charge is 0.491 e. The van der Waals surface area contributed by atoms with E-state index >= 15 is 4.39 Å². The maximum atomic E-state index is 15.6. The van der Waals surface area contributed by atoms with Crippen LogP contribution in [-0.4, -0.2) is 57.9 Å². The molecule has 0 radical (unpaired) electrons. The Morgan fingerprint density at radius 2 is 1.79 bits per heavy atom. The van der Waals surface area contributed by atoms with Gasteiger partial charge < -0.3 is 25.3 Å². The highest BCUT2D eigenvalue weighted by Gasteiger charge is 2.42. The van der Waals surface area contributed by atoms with E-state index in [4.69, 9.17) is 20.6 Å². The van der Waals surface area contributed by atoms with Gasteiger partial charge in [-0.2, -0.15) is 17.9 Å². The average molecular weight is 603 g/mol. The van der Waals surface area contributed by atoms with Gasteiger partial charge in [0.15, 0.2) is 28.9 Å². The van der Waals surface area contributed by atoms with Crippen molar-refractivity contribution in [3.05, 3.63) is 93.5 Å². The van der Waals surface area contributed by atoms with Crippen LogP contribution in [-0.2, 0) is 9.53 Å². The number of H-pyrrole nitrogens is 1. The van der Waals surface area contributed by atoms with Crippen LogP contribution < -0.4 is 26.2 Å². The van der Waals surface area contributed by atoms with Gasteiger partial charge >= 0.3 is 23.8 Å². The third-order valence-corrected chi connectivity index (χ3v) is 5.80. The summed E-state index contributed by atoms with van der Waals surface area (Å²) in [5.41, 5.74) is 4.58. The van der Waals surface area contributed by atoms with Crippen LogP contribution in [0, 0.1) is 11.2 Å². The van der Waals surface area contributed by atoms with Crippen LogP contribution >= 0.6 is 0 Å². The second-order valence-corrected chi connectivity index (χ2v) is 8.58. The summed E-state index contributed by atoms with van der Waals surface area (Å²) >= 11 is 0. The number of ether oxygens (including phenoxy) is 3. The molecule has 2 aromatic carbocycles. The first-order chi connectivity index (χ1) is 20.3. The summed E-state index contributed by atoms with van der Waals surface area (Å²) in [4.78, 5) is 42.3. The fraction of sp³-hybridized carbons (Fsp3) is 0.154. The summed E-state index contributed by atoms with van der Waals surface area (Å²) in [5, 5.41) is 14.8. The number of halogens is 4. The second kappa shape index (κ2) is 12.0. The number of nitrogens with two attached hydrogens (primary N) is 1. The first kappa shape index (κ1) is 30.2. The molecule has 0 fully saturated rings. The number of pyridine rings is 1. The number of hydrogen-bond donors (Lipinski definition) is 4. The van der Waals surface area contributed by atoms with E-state index in [2.05, 4.69) is 25.1 Å². The number of nitrogen functional groups attached to an aromatic ring is 1. The molecule has 2 heterocycles. The predicted octanol–water partition coefficient (Wildman–Crippen LogP) is 2.84. The first-order valence-electron chi connectivity index (χ1n) is 11.9. The number of nitrogens with one attached hydrogen (secondary N) is 3. The number of aromatic amines is 1. The molecule has 224 valence electrons. The molecule has 0 aliphatic carbocycles. The topological polar surface area (TPSA) is 187 Å². The number of aromatic nitrogens is 4. The van der Waals surface area contributed by atoms with E-state index in [1.807, 2.05) is 0 Å². The third kappa shape index (κ3) is 6.61. The fourth-order valence-electron chi connectivity index (χ4n) is 3.75. The van der Waals surface area contributed by atoms with Crippen molar-refractivity contribution >= 4 is 23.5 Å². The molecule has 5 N–H and O–H groups in total. The summed E-state index contributed by atoms with van der Waals surface area (Å²) in [6.45, 7) is 0. The Kier molecular flexibility index (Phi) is 8.44. The molecule has 0 amide bonds. The lowest BCUT2D eigenvalue weighted by Crippen LogP contribution is -2.28. The highest BCUT2D eigenvalue weighted by molar-refractivity contribution is 5.97. The van der Waals surface area contributed by atoms with Crippen LogP contribution in [0.1, 0.15) is 33.5 Å². The molecular weight excluding hydrogens is 582 g/mol. The minimum atomic E-state index is -5.42. The zero-order valence-electron chi connectivity index (χ0n) is 22.2. The van der Waals surface area contributed by atoms with Gasteiger partial charge in [0.05, 0.1) is 14.2 Å². The maximum Gasteiger partial charge on any atom is 0.491 e. The van der Waals surface area contributed by atoms with Crippen molar-refractivity contribution in [2.75, 3.05) is 19.5 Å². The van der Waals surface area contributed by atoms with E-state index in [-0.39, 0.29) is 34.5 Å². The number of carbonyl (C=O) groups excluding carboxylic acids is 2. The number of nitrogens with zero attached hydrogens (tertiary/aromatic N) is 3. The van der Waals surface area contributed by atoms with Gasteiger partial charge in [-0.3, -0.25) is 10.4 Å². The predicted molar refractivity (Wildman–Crippen MR) is 141 cm³/mol. The van der Waals surface area contributed by atoms with Gasteiger partial charge in [0, 0.05) is 22.9 Å². The highest BCUT2D eigenvalue weighted by Crippen LogP contribution is 2.34. The highest BCUT2D eigenvalue weighted by atomic mass is 19.4. The van der Waals surface area contributed by atoms with Crippen LogP contribution in [0.4, 0.5) is 23.2 Å². The van der Waals surface area contributed by atoms with Gasteiger partial charge in [0.2, 0.25) is 0 Å². The van der Waals surface area contributed by atoms with Crippen LogP contribution in [0.15, 0.2) is 59.4 Å². The van der Waals surface area contributed by atoms with Gasteiger partial charge in [-0.15, -0.1) is 5.10 Å². The number of anilines is 1. The lowest BCUT2D eigenvalue weighted by atomic mass is 10.0. The van der Waals surface area contributed by atoms with Crippen molar-refractivity contribution in [2.45, 2.75) is 12.2 Å². The average Bonchev–Trinajstić information content (AvgIpc) is 3.37. The van der Waals surface area contributed by atoms with E-state index in [1.165, 1.54) is 44.6 Å². The molecule has 43 heavy (non-hydrogen) atoms. The SMILES string of the molecule is COc1cc(OC)c(F)c(C(Nc2ccc(C(=N)N)cc2)c2nn(-c3cccc(C(=O)OC(=O)C(F)(F)F)n3)c(=O)[nH]2)c1. The van der Waals surface area contributed by atoms with Crippen molar-refractivity contribution in [3.63, 3.8) is 0 Å². The van der Waals surface area contributed by atoms with E-state index in [0.717, 1.165) is 12.1 Å². The molecule has 0 bridgehead atoms. The molecular formula is C26H21F4N7O6. The number of hydrogen-bond acceptors (Lipinski definition) is 10. The van der Waals surface area contributed by atoms with Gasteiger partial charge in [-0.1, -0.05) is 6.07 Å². The number of carbonyl (C=O) groups is 2. The minimum Gasteiger partial charge on any atom is -0.497 e. The Morgan fingerprint density at radius 1 is 1.09 bits per heavy atom. The quantitative estimate of drug-likeness (QED) is 0.0728. The molecule has 17 heteroatoms. The van der Waals surface area contributed by atoms with Crippen molar-refractivity contribution in [2.24, 2.45) is 5.73 Å².